The van der Waals surface area contributed by atoms with Crippen LogP contribution in [0.25, 0.3) is 22.1 Å². The summed E-state index contributed by atoms with van der Waals surface area (Å²) in [4.78, 5) is 25.2. The first-order chi connectivity index (χ1) is 15.1. The van der Waals surface area contributed by atoms with Crippen LogP contribution in [0.3, 0.4) is 0 Å². The zero-order valence-corrected chi connectivity index (χ0v) is 17.6. The molecule has 0 radical (unpaired) electrons. The second kappa shape index (κ2) is 7.71. The highest BCUT2D eigenvalue weighted by Crippen LogP contribution is 2.23. The number of para-hydroxylation sites is 4. The van der Waals surface area contributed by atoms with E-state index < -0.39 is 0 Å². The van der Waals surface area contributed by atoms with E-state index in [9.17, 15) is 0 Å². The largest absolute Gasteiger partial charge is 0.360 e. The lowest BCUT2D eigenvalue weighted by Gasteiger charge is -2.16. The number of aryl methyl sites for hydroxylation is 1. The number of fused-ring (bicyclic) bond motifs is 2. The Labute approximate surface area is 179 Å². The van der Waals surface area contributed by atoms with Crippen LogP contribution in [-0.2, 0) is 0 Å². The number of hydrogen-bond acceptors (Lipinski definition) is 6. The van der Waals surface area contributed by atoms with E-state index in [2.05, 4.69) is 42.5 Å². The molecule has 5 rings (SSSR count). The fraction of sp³-hybridized carbons (Fsp3) is 0.217. The highest BCUT2D eigenvalue weighted by molar-refractivity contribution is 5.75. The minimum Gasteiger partial charge on any atom is -0.360 e. The lowest BCUT2D eigenvalue weighted by molar-refractivity contribution is 0.788. The van der Waals surface area contributed by atoms with E-state index in [0.717, 1.165) is 45.1 Å². The zero-order valence-electron chi connectivity index (χ0n) is 17.6. The van der Waals surface area contributed by atoms with Crippen molar-refractivity contribution in [2.75, 3.05) is 10.6 Å². The summed E-state index contributed by atoms with van der Waals surface area (Å²) in [6.45, 7) is 6.08. The normalized spacial score (nSPS) is 13.4. The molecule has 0 amide bonds. The molecule has 0 aliphatic heterocycles. The van der Waals surface area contributed by atoms with Gasteiger partial charge in [-0.1, -0.05) is 24.3 Å². The molecule has 2 unspecified atom stereocenters. The van der Waals surface area contributed by atoms with Gasteiger partial charge in [-0.3, -0.25) is 0 Å². The van der Waals surface area contributed by atoms with Crippen LogP contribution in [0.2, 0.25) is 0 Å². The standard InChI is InChI=1S/C23H24N8/c1-13-12-24-23(26-15(3)22-29-18-10-6-7-11-19(18)30-22)31-20(13)25-14(2)21-27-16-8-4-5-9-17(16)28-21/h4-12,14-15H,1-3H3,(H,27,28)(H,29,30)(H2,24,25,26,31). The molecular weight excluding hydrogens is 388 g/mol. The molecule has 8 nitrogen and oxygen atoms in total. The summed E-state index contributed by atoms with van der Waals surface area (Å²) >= 11 is 0. The third-order valence-electron chi connectivity index (χ3n) is 5.31. The molecule has 0 saturated carbocycles. The van der Waals surface area contributed by atoms with Crippen molar-refractivity contribution in [2.45, 2.75) is 32.9 Å². The first-order valence-corrected chi connectivity index (χ1v) is 10.3. The number of nitrogens with zero attached hydrogens (tertiary/aromatic N) is 4. The quantitative estimate of drug-likeness (QED) is 0.316. The molecule has 3 heterocycles. The van der Waals surface area contributed by atoms with Crippen LogP contribution in [0.4, 0.5) is 11.8 Å². The molecule has 0 aliphatic carbocycles. The van der Waals surface area contributed by atoms with Gasteiger partial charge < -0.3 is 20.6 Å². The monoisotopic (exact) mass is 412 g/mol. The minimum absolute atomic E-state index is 0.0401. The molecule has 0 spiro atoms. The predicted octanol–water partition coefficient (Wildman–Crippen LogP) is 4.88. The second-order valence-corrected chi connectivity index (χ2v) is 7.74. The van der Waals surface area contributed by atoms with E-state index in [1.807, 2.05) is 68.6 Å². The van der Waals surface area contributed by atoms with Gasteiger partial charge >= 0.3 is 0 Å². The van der Waals surface area contributed by atoms with Crippen molar-refractivity contribution in [1.29, 1.82) is 0 Å². The third kappa shape index (κ3) is 3.79. The zero-order chi connectivity index (χ0) is 21.4. The Hall–Kier alpha value is -3.94. The van der Waals surface area contributed by atoms with Crippen molar-refractivity contribution in [3.05, 3.63) is 71.9 Å². The number of benzene rings is 2. The molecule has 5 aromatic rings. The van der Waals surface area contributed by atoms with Crippen LogP contribution < -0.4 is 10.6 Å². The van der Waals surface area contributed by atoms with E-state index in [1.165, 1.54) is 0 Å². The van der Waals surface area contributed by atoms with Gasteiger partial charge in [-0.25, -0.2) is 15.0 Å². The smallest absolute Gasteiger partial charge is 0.225 e. The Morgan fingerprint density at radius 2 is 1.29 bits per heavy atom. The Kier molecular flexibility index (Phi) is 4.74. The number of rotatable bonds is 6. The minimum atomic E-state index is -0.0734. The summed E-state index contributed by atoms with van der Waals surface area (Å²) < 4.78 is 0. The topological polar surface area (TPSA) is 107 Å². The van der Waals surface area contributed by atoms with Gasteiger partial charge in [-0.15, -0.1) is 0 Å². The Bertz CT molecular complexity index is 1290. The molecule has 2 atom stereocenters. The van der Waals surface area contributed by atoms with Crippen molar-refractivity contribution in [1.82, 2.24) is 29.9 Å². The highest BCUT2D eigenvalue weighted by atomic mass is 15.2. The van der Waals surface area contributed by atoms with E-state index in [-0.39, 0.29) is 12.1 Å². The van der Waals surface area contributed by atoms with Crippen LogP contribution in [0.15, 0.2) is 54.7 Å². The van der Waals surface area contributed by atoms with Crippen molar-refractivity contribution in [2.24, 2.45) is 0 Å². The van der Waals surface area contributed by atoms with Crippen LogP contribution >= 0.6 is 0 Å². The molecule has 2 aromatic carbocycles. The van der Waals surface area contributed by atoms with Crippen molar-refractivity contribution in [3.8, 4) is 0 Å². The number of hydrogen-bond donors (Lipinski definition) is 4. The van der Waals surface area contributed by atoms with Crippen LogP contribution in [-0.4, -0.2) is 29.9 Å². The molecule has 0 saturated heterocycles. The first-order valence-electron chi connectivity index (χ1n) is 10.3. The summed E-state index contributed by atoms with van der Waals surface area (Å²) in [5.74, 6) is 3.01. The molecule has 3 aromatic heterocycles. The van der Waals surface area contributed by atoms with E-state index in [0.29, 0.717) is 5.95 Å². The average molecular weight is 413 g/mol. The molecule has 8 heteroatoms. The predicted molar refractivity (Wildman–Crippen MR) is 123 cm³/mol. The van der Waals surface area contributed by atoms with Gasteiger partial charge in [0.25, 0.3) is 0 Å². The van der Waals surface area contributed by atoms with Crippen LogP contribution in [0, 0.1) is 6.92 Å². The Morgan fingerprint density at radius 3 is 1.87 bits per heavy atom. The molecule has 156 valence electrons. The van der Waals surface area contributed by atoms with Gasteiger partial charge in [0, 0.05) is 11.8 Å². The summed E-state index contributed by atoms with van der Waals surface area (Å²) in [5, 5.41) is 6.80. The molecular formula is C23H24N8. The summed E-state index contributed by atoms with van der Waals surface area (Å²) in [5.41, 5.74) is 4.89. The number of imidazole rings is 2. The molecule has 0 fully saturated rings. The second-order valence-electron chi connectivity index (χ2n) is 7.74. The Morgan fingerprint density at radius 1 is 0.742 bits per heavy atom. The lowest BCUT2D eigenvalue weighted by atomic mass is 10.3. The van der Waals surface area contributed by atoms with Gasteiger partial charge in [0.15, 0.2) is 0 Å². The van der Waals surface area contributed by atoms with Crippen molar-refractivity contribution in [3.63, 3.8) is 0 Å². The van der Waals surface area contributed by atoms with Crippen LogP contribution in [0.5, 0.6) is 0 Å². The van der Waals surface area contributed by atoms with E-state index >= 15 is 0 Å². The summed E-state index contributed by atoms with van der Waals surface area (Å²) in [6.07, 6.45) is 1.81. The van der Waals surface area contributed by atoms with Gasteiger partial charge in [-0.2, -0.15) is 4.98 Å². The highest BCUT2D eigenvalue weighted by Gasteiger charge is 2.15. The van der Waals surface area contributed by atoms with Gasteiger partial charge in [0.05, 0.1) is 34.2 Å². The summed E-state index contributed by atoms with van der Waals surface area (Å²) in [6, 6.07) is 15.9. The van der Waals surface area contributed by atoms with Gasteiger partial charge in [0.1, 0.15) is 17.5 Å². The van der Waals surface area contributed by atoms with Gasteiger partial charge in [-0.05, 0) is 45.0 Å². The first kappa shape index (κ1) is 19.0. The van der Waals surface area contributed by atoms with Gasteiger partial charge in [0.2, 0.25) is 5.95 Å². The molecule has 0 aliphatic rings. The fourth-order valence-corrected chi connectivity index (χ4v) is 3.55. The summed E-state index contributed by atoms with van der Waals surface area (Å²) in [7, 11) is 0. The van der Waals surface area contributed by atoms with Crippen molar-refractivity contribution >= 4 is 33.8 Å². The maximum Gasteiger partial charge on any atom is 0.225 e. The number of nitrogens with one attached hydrogen (secondary N) is 4. The lowest BCUT2D eigenvalue weighted by Crippen LogP contribution is -2.14. The van der Waals surface area contributed by atoms with Crippen LogP contribution in [0.1, 0.15) is 43.1 Å². The van der Waals surface area contributed by atoms with Crippen molar-refractivity contribution < 1.29 is 0 Å². The molecule has 4 N–H and O–H groups in total. The SMILES string of the molecule is Cc1cnc(NC(C)c2nc3ccccc3[nH]2)nc1NC(C)c1nc2ccccc2[nH]1. The maximum atomic E-state index is 4.69. The van der Waals surface area contributed by atoms with E-state index in [1.54, 1.807) is 0 Å². The average Bonchev–Trinajstić information content (AvgIpc) is 3.40. The fourth-order valence-electron chi connectivity index (χ4n) is 3.55. The third-order valence-corrected chi connectivity index (χ3v) is 5.31. The molecule has 31 heavy (non-hydrogen) atoms. The molecule has 0 bridgehead atoms. The van der Waals surface area contributed by atoms with E-state index in [4.69, 9.17) is 4.98 Å². The number of aromatic nitrogens is 6. The number of anilines is 2. The maximum absolute atomic E-state index is 4.69. The Balaban J connectivity index is 1.34. The number of aromatic amines is 2. The number of H-pyrrole nitrogens is 2.